The van der Waals surface area contributed by atoms with Gasteiger partial charge in [-0.05, 0) is 54.2 Å². The third-order valence-electron chi connectivity index (χ3n) is 6.30. The molecule has 1 aliphatic carbocycles. The van der Waals surface area contributed by atoms with Crippen LogP contribution in [0.25, 0.3) is 31.7 Å². The lowest BCUT2D eigenvalue weighted by Gasteiger charge is -2.16. The summed E-state index contributed by atoms with van der Waals surface area (Å²) in [5.74, 6) is 2.10. The smallest absolute Gasteiger partial charge is 0.263 e. The Labute approximate surface area is 194 Å². The van der Waals surface area contributed by atoms with Crippen molar-refractivity contribution in [3.8, 4) is 22.9 Å². The van der Waals surface area contributed by atoms with E-state index in [2.05, 4.69) is 6.07 Å². The number of nitrogens with zero attached hydrogens (tertiary/aromatic N) is 2. The predicted molar refractivity (Wildman–Crippen MR) is 133 cm³/mol. The van der Waals surface area contributed by atoms with Gasteiger partial charge in [0.2, 0.25) is 0 Å². The molecule has 0 spiro atoms. The summed E-state index contributed by atoms with van der Waals surface area (Å²) in [6.07, 6.45) is 2.25. The number of phenols is 1. The summed E-state index contributed by atoms with van der Waals surface area (Å²) >= 11 is 1.36. The highest BCUT2D eigenvalue weighted by atomic mass is 32.1. The fourth-order valence-electron chi connectivity index (χ4n) is 4.49. The van der Waals surface area contributed by atoms with Crippen molar-refractivity contribution in [3.05, 3.63) is 88.2 Å². The molecular formula is C27H22N2O3S. The molecular weight excluding hydrogens is 432 g/mol. The summed E-state index contributed by atoms with van der Waals surface area (Å²) in [5, 5.41) is 11.7. The minimum atomic E-state index is -0.0896. The molecule has 5 aromatic rings. The highest BCUT2D eigenvalue weighted by Gasteiger charge is 2.29. The van der Waals surface area contributed by atoms with Crippen LogP contribution in [0.3, 0.4) is 0 Å². The lowest BCUT2D eigenvalue weighted by Crippen LogP contribution is -2.24. The third-order valence-corrected chi connectivity index (χ3v) is 7.42. The number of rotatable bonds is 5. The van der Waals surface area contributed by atoms with Crippen LogP contribution in [0.4, 0.5) is 0 Å². The maximum absolute atomic E-state index is 14.0. The van der Waals surface area contributed by atoms with Crippen LogP contribution < -0.4 is 10.3 Å². The molecule has 0 atom stereocenters. The average molecular weight is 455 g/mol. The molecule has 6 rings (SSSR count). The molecule has 1 aliphatic rings. The molecule has 2 aromatic heterocycles. The lowest BCUT2D eigenvalue weighted by atomic mass is 10.0. The highest BCUT2D eigenvalue weighted by Crippen LogP contribution is 2.46. The summed E-state index contributed by atoms with van der Waals surface area (Å²) in [6.45, 7) is 0.421. The van der Waals surface area contributed by atoms with Gasteiger partial charge in [-0.15, -0.1) is 11.3 Å². The van der Waals surface area contributed by atoms with Crippen molar-refractivity contribution >= 4 is 31.6 Å². The molecule has 1 fully saturated rings. The first-order chi connectivity index (χ1) is 16.1. The number of benzene rings is 3. The molecule has 0 saturated heterocycles. The second kappa shape index (κ2) is 7.74. The van der Waals surface area contributed by atoms with Crippen LogP contribution in [-0.4, -0.2) is 21.8 Å². The van der Waals surface area contributed by atoms with Gasteiger partial charge in [0.05, 0.1) is 23.7 Å². The lowest BCUT2D eigenvalue weighted by molar-refractivity contribution is 0.414. The van der Waals surface area contributed by atoms with Crippen molar-refractivity contribution in [2.75, 3.05) is 7.11 Å². The Balaban J connectivity index is 1.67. The van der Waals surface area contributed by atoms with Crippen LogP contribution in [0.5, 0.6) is 11.5 Å². The van der Waals surface area contributed by atoms with Crippen LogP contribution in [0, 0.1) is 0 Å². The van der Waals surface area contributed by atoms with E-state index in [-0.39, 0.29) is 11.3 Å². The van der Waals surface area contributed by atoms with E-state index in [4.69, 9.17) is 9.72 Å². The van der Waals surface area contributed by atoms with Crippen molar-refractivity contribution in [2.24, 2.45) is 0 Å². The van der Waals surface area contributed by atoms with Crippen LogP contribution in [-0.2, 0) is 6.54 Å². The molecule has 3 aromatic carbocycles. The second-order valence-corrected chi connectivity index (χ2v) is 9.47. The van der Waals surface area contributed by atoms with Crippen molar-refractivity contribution in [1.29, 1.82) is 0 Å². The van der Waals surface area contributed by atoms with Gasteiger partial charge < -0.3 is 9.84 Å². The first-order valence-electron chi connectivity index (χ1n) is 11.0. The molecule has 0 aliphatic heterocycles. The van der Waals surface area contributed by atoms with E-state index < -0.39 is 0 Å². The number of methoxy groups -OCH3 is 1. The number of thiophene rings is 1. The number of ether oxygens (including phenoxy) is 1. The molecule has 33 heavy (non-hydrogen) atoms. The molecule has 0 amide bonds. The van der Waals surface area contributed by atoms with Gasteiger partial charge in [-0.25, -0.2) is 4.98 Å². The molecule has 6 heteroatoms. The summed E-state index contributed by atoms with van der Waals surface area (Å²) in [5.41, 5.74) is 3.08. The second-order valence-electron chi connectivity index (χ2n) is 8.48. The molecule has 0 radical (unpaired) electrons. The van der Waals surface area contributed by atoms with Gasteiger partial charge in [0.25, 0.3) is 5.56 Å². The number of aromatic hydroxyl groups is 1. The zero-order valence-corrected chi connectivity index (χ0v) is 18.9. The van der Waals surface area contributed by atoms with E-state index in [1.54, 1.807) is 23.8 Å². The van der Waals surface area contributed by atoms with Crippen molar-refractivity contribution in [2.45, 2.75) is 25.3 Å². The van der Waals surface area contributed by atoms with E-state index in [1.807, 2.05) is 48.5 Å². The van der Waals surface area contributed by atoms with E-state index in [1.165, 1.54) is 16.9 Å². The van der Waals surface area contributed by atoms with Crippen molar-refractivity contribution in [3.63, 3.8) is 0 Å². The molecule has 2 heterocycles. The number of hydrogen-bond acceptors (Lipinski definition) is 5. The number of aromatic nitrogens is 2. The summed E-state index contributed by atoms with van der Waals surface area (Å²) in [4.78, 5) is 19.6. The van der Waals surface area contributed by atoms with Gasteiger partial charge in [-0.3, -0.25) is 9.36 Å². The van der Waals surface area contributed by atoms with Gasteiger partial charge in [0.15, 0.2) is 0 Å². The minimum Gasteiger partial charge on any atom is -0.506 e. The topological polar surface area (TPSA) is 64.3 Å². The molecule has 0 bridgehead atoms. The first-order valence-corrected chi connectivity index (χ1v) is 11.8. The molecule has 164 valence electrons. The molecule has 1 saturated carbocycles. The molecule has 1 N–H and O–H groups in total. The fraction of sp³-hybridized carbons (Fsp3) is 0.185. The summed E-state index contributed by atoms with van der Waals surface area (Å²) in [7, 11) is 1.67. The molecule has 0 unspecified atom stereocenters. The van der Waals surface area contributed by atoms with Gasteiger partial charge in [0, 0.05) is 10.9 Å². The van der Waals surface area contributed by atoms with Gasteiger partial charge in [-0.1, -0.05) is 42.5 Å². The van der Waals surface area contributed by atoms with Gasteiger partial charge >= 0.3 is 0 Å². The van der Waals surface area contributed by atoms with Crippen molar-refractivity contribution in [1.82, 2.24) is 9.55 Å². The standard InChI is InChI=1S/C27H22N2O3S/c1-32-18-12-13-19(21(14-18)17-10-11-17)25-28-26-23(20-8-5-9-22(30)24(20)33-26)27(31)29(25)15-16-6-3-2-4-7-16/h2-9,12-14,17,30H,10-11,15H2,1H3. The quantitative estimate of drug-likeness (QED) is 0.358. The van der Waals surface area contributed by atoms with Crippen molar-refractivity contribution < 1.29 is 9.84 Å². The van der Waals surface area contributed by atoms with Gasteiger partial charge in [0.1, 0.15) is 22.2 Å². The monoisotopic (exact) mass is 454 g/mol. The SMILES string of the molecule is COc1ccc(-c2nc3sc4c(O)cccc4c3c(=O)n2Cc2ccccc2)c(C2CC2)c1. The zero-order chi connectivity index (χ0) is 22.5. The maximum Gasteiger partial charge on any atom is 0.263 e. The highest BCUT2D eigenvalue weighted by molar-refractivity contribution is 7.25. The van der Waals surface area contributed by atoms with E-state index >= 15 is 0 Å². The minimum absolute atomic E-state index is 0.0896. The Morgan fingerprint density at radius 1 is 1.09 bits per heavy atom. The Morgan fingerprint density at radius 2 is 1.91 bits per heavy atom. The normalized spacial score (nSPS) is 13.6. The Bertz CT molecular complexity index is 1570. The Morgan fingerprint density at radius 3 is 2.67 bits per heavy atom. The Hall–Kier alpha value is -3.64. The third kappa shape index (κ3) is 3.38. The van der Waals surface area contributed by atoms with Crippen LogP contribution in [0.1, 0.15) is 29.9 Å². The fourth-order valence-corrected chi connectivity index (χ4v) is 5.56. The first kappa shape index (κ1) is 20.0. The molecule has 5 nitrogen and oxygen atoms in total. The summed E-state index contributed by atoms with van der Waals surface area (Å²) in [6, 6.07) is 21.3. The summed E-state index contributed by atoms with van der Waals surface area (Å²) < 4.78 is 7.95. The van der Waals surface area contributed by atoms with E-state index in [9.17, 15) is 9.90 Å². The van der Waals surface area contributed by atoms with E-state index in [0.717, 1.165) is 35.1 Å². The van der Waals surface area contributed by atoms with Crippen LogP contribution in [0.2, 0.25) is 0 Å². The van der Waals surface area contributed by atoms with Crippen LogP contribution >= 0.6 is 11.3 Å². The zero-order valence-electron chi connectivity index (χ0n) is 18.1. The number of phenolic OH excluding ortho intramolecular Hbond substituents is 1. The predicted octanol–water partition coefficient (Wildman–Crippen LogP) is 5.92. The number of hydrogen-bond donors (Lipinski definition) is 1. The average Bonchev–Trinajstić information content (AvgIpc) is 3.62. The van der Waals surface area contributed by atoms with Gasteiger partial charge in [-0.2, -0.15) is 0 Å². The number of fused-ring (bicyclic) bond motifs is 3. The largest absolute Gasteiger partial charge is 0.506 e. The maximum atomic E-state index is 14.0. The van der Waals surface area contributed by atoms with Crippen LogP contribution in [0.15, 0.2) is 71.5 Å². The Kier molecular flexibility index (Phi) is 4.69. The van der Waals surface area contributed by atoms with E-state index in [0.29, 0.717) is 33.2 Å².